The van der Waals surface area contributed by atoms with Crippen LogP contribution in [0.3, 0.4) is 0 Å². The zero-order valence-electron chi connectivity index (χ0n) is 8.92. The predicted octanol–water partition coefficient (Wildman–Crippen LogP) is 0.151. The molecule has 54 valence electrons. The van der Waals surface area contributed by atoms with E-state index in [4.69, 9.17) is 16.3 Å². The van der Waals surface area contributed by atoms with Crippen molar-refractivity contribution < 1.29 is 15.4 Å². The van der Waals surface area contributed by atoms with Crippen LogP contribution in [0.15, 0.2) is 0 Å². The molecule has 0 aromatic heterocycles. The van der Waals surface area contributed by atoms with Crippen LogP contribution in [0.25, 0.3) is 0 Å². The van der Waals surface area contributed by atoms with Crippen LogP contribution in [0, 0.1) is 0 Å². The molecule has 0 aromatic rings. The van der Waals surface area contributed by atoms with E-state index in [0.717, 1.165) is 0 Å². The van der Waals surface area contributed by atoms with Crippen molar-refractivity contribution in [1.82, 2.24) is 0 Å². The Labute approximate surface area is 64.2 Å². The van der Waals surface area contributed by atoms with Crippen LogP contribution >= 0.6 is 11.8 Å². The van der Waals surface area contributed by atoms with Crippen LogP contribution in [0.5, 0.6) is 0 Å². The maximum Gasteiger partial charge on any atom is 0.320 e. The number of carboxylic acids is 1. The molecule has 0 amide bonds. The lowest BCUT2D eigenvalue weighted by molar-refractivity contribution is -0.138. The first kappa shape index (κ1) is 3.83. The Bertz CT molecular complexity index is 211. The van der Waals surface area contributed by atoms with Gasteiger partial charge in [-0.15, -0.1) is 0 Å². The highest BCUT2D eigenvalue weighted by atomic mass is 32.2. The SMILES string of the molecule is [2H]C([2H])(SC)C([2H])([2H])[C@H](N)C(=O)O. The van der Waals surface area contributed by atoms with Crippen LogP contribution in [-0.4, -0.2) is 29.1 Å². The van der Waals surface area contributed by atoms with Gasteiger partial charge >= 0.3 is 5.97 Å². The Morgan fingerprint density at radius 1 is 2.11 bits per heavy atom. The van der Waals surface area contributed by atoms with Crippen LogP contribution in [0.4, 0.5) is 0 Å². The Kier molecular flexibility index (Phi) is 1.97. The van der Waals surface area contributed by atoms with Gasteiger partial charge in [0.05, 0.1) is 0 Å². The first-order chi connectivity index (χ1) is 5.66. The number of carbonyl (C=O) groups is 1. The minimum absolute atomic E-state index is 0.595. The van der Waals surface area contributed by atoms with E-state index in [1.54, 1.807) is 0 Å². The second kappa shape index (κ2) is 4.64. The van der Waals surface area contributed by atoms with Crippen molar-refractivity contribution in [2.45, 2.75) is 12.4 Å². The average molecular weight is 153 g/mol. The molecule has 0 aliphatic carbocycles. The Hall–Kier alpha value is -0.220. The molecule has 0 aliphatic rings. The average Bonchev–Trinajstić information content (AvgIpc) is 2.02. The number of hydrogen-bond acceptors (Lipinski definition) is 3. The maximum atomic E-state index is 10.4. The number of nitrogens with two attached hydrogens (primary N) is 1. The van der Waals surface area contributed by atoms with Crippen LogP contribution in [0.2, 0.25) is 0 Å². The van der Waals surface area contributed by atoms with E-state index in [9.17, 15) is 4.79 Å². The van der Waals surface area contributed by atoms with E-state index < -0.39 is 24.1 Å². The van der Waals surface area contributed by atoms with Crippen LogP contribution < -0.4 is 5.73 Å². The summed E-state index contributed by atoms with van der Waals surface area (Å²) in [6.07, 6.45) is -1.25. The molecular formula is C5H11NO2S. The second-order valence-electron chi connectivity index (χ2n) is 1.27. The van der Waals surface area contributed by atoms with Crippen molar-refractivity contribution in [3.8, 4) is 0 Å². The van der Waals surface area contributed by atoms with Crippen molar-refractivity contribution in [1.29, 1.82) is 0 Å². The quantitative estimate of drug-likeness (QED) is 0.603. The van der Waals surface area contributed by atoms with Gasteiger partial charge in [-0.2, -0.15) is 11.8 Å². The van der Waals surface area contributed by atoms with Gasteiger partial charge in [0, 0.05) is 5.48 Å². The molecule has 0 saturated heterocycles. The summed E-state index contributed by atoms with van der Waals surface area (Å²) in [6.45, 7) is 0. The molecule has 9 heavy (non-hydrogen) atoms. The van der Waals surface area contributed by atoms with Gasteiger partial charge in [0.2, 0.25) is 0 Å². The van der Waals surface area contributed by atoms with Crippen LogP contribution in [-0.2, 0) is 4.79 Å². The molecule has 0 spiro atoms. The summed E-state index contributed by atoms with van der Waals surface area (Å²) in [6, 6.07) is -1.87. The second-order valence-corrected chi connectivity index (χ2v) is 1.88. The summed E-state index contributed by atoms with van der Waals surface area (Å²) < 4.78 is 28.9. The summed E-state index contributed by atoms with van der Waals surface area (Å²) in [5.74, 6) is -1.55. The minimum Gasteiger partial charge on any atom is -0.480 e. The smallest absolute Gasteiger partial charge is 0.320 e. The third-order valence-corrected chi connectivity index (χ3v) is 0.905. The molecule has 0 fully saturated rings. The van der Waals surface area contributed by atoms with Gasteiger partial charge in [-0.25, -0.2) is 0 Å². The monoisotopic (exact) mass is 153 g/mol. The third kappa shape index (κ3) is 4.29. The predicted molar refractivity (Wildman–Crippen MR) is 38.6 cm³/mol. The molecule has 0 heterocycles. The fraction of sp³-hybridized carbons (Fsp3) is 0.800. The Morgan fingerprint density at radius 2 is 2.67 bits per heavy atom. The van der Waals surface area contributed by atoms with Gasteiger partial charge in [-0.3, -0.25) is 4.79 Å². The molecule has 0 bridgehead atoms. The number of hydrogen-bond donors (Lipinski definition) is 2. The third-order valence-electron chi connectivity index (χ3n) is 0.583. The number of thioether (sulfide) groups is 1. The Morgan fingerprint density at radius 3 is 3.00 bits per heavy atom. The van der Waals surface area contributed by atoms with Crippen molar-refractivity contribution in [3.63, 3.8) is 0 Å². The molecule has 1 atom stereocenters. The van der Waals surface area contributed by atoms with Gasteiger partial charge in [0.25, 0.3) is 0 Å². The molecule has 4 heteroatoms. The molecule has 0 aliphatic heterocycles. The fourth-order valence-corrected chi connectivity index (χ4v) is 0.429. The lowest BCUT2D eigenvalue weighted by Gasteiger charge is -2.02. The molecule has 3 nitrogen and oxygen atoms in total. The highest BCUT2D eigenvalue weighted by Crippen LogP contribution is 1.97. The minimum atomic E-state index is -2.60. The largest absolute Gasteiger partial charge is 0.480 e. The highest BCUT2D eigenvalue weighted by Gasteiger charge is 2.08. The van der Waals surface area contributed by atoms with Crippen molar-refractivity contribution in [2.75, 3.05) is 12.0 Å². The summed E-state index contributed by atoms with van der Waals surface area (Å²) >= 11 is 0.595. The van der Waals surface area contributed by atoms with Gasteiger partial charge < -0.3 is 10.8 Å². The fourth-order valence-electron chi connectivity index (χ4n) is 0.184. The van der Waals surface area contributed by atoms with E-state index in [0.29, 0.717) is 11.8 Å². The molecule has 0 aromatic carbocycles. The number of carboxylic acid groups (broad SMARTS) is 1. The topological polar surface area (TPSA) is 63.3 Å². The zero-order valence-corrected chi connectivity index (χ0v) is 5.73. The van der Waals surface area contributed by atoms with E-state index in [1.165, 1.54) is 6.26 Å². The van der Waals surface area contributed by atoms with E-state index in [-0.39, 0.29) is 0 Å². The summed E-state index contributed by atoms with van der Waals surface area (Å²) in [5, 5.41) is 8.44. The normalized spacial score (nSPS) is 22.9. The van der Waals surface area contributed by atoms with Gasteiger partial charge in [-0.1, -0.05) is 0 Å². The lowest BCUT2D eigenvalue weighted by Crippen LogP contribution is -2.30. The molecule has 3 N–H and O–H groups in total. The first-order valence-electron chi connectivity index (χ1n) is 4.20. The molecule has 0 radical (unpaired) electrons. The van der Waals surface area contributed by atoms with Gasteiger partial charge in [0.15, 0.2) is 0 Å². The summed E-state index contributed by atoms with van der Waals surface area (Å²) in [5.41, 5.74) is 2.71. The lowest BCUT2D eigenvalue weighted by atomic mass is 10.2. The zero-order chi connectivity index (χ0) is 10.9. The van der Waals surface area contributed by atoms with Crippen molar-refractivity contribution in [2.24, 2.45) is 5.73 Å². The maximum absolute atomic E-state index is 10.4. The van der Waals surface area contributed by atoms with E-state index in [1.807, 2.05) is 0 Å². The number of rotatable bonds is 4. The van der Waals surface area contributed by atoms with Gasteiger partial charge in [-0.05, 0) is 18.3 Å². The molecule has 0 unspecified atom stereocenters. The summed E-state index contributed by atoms with van der Waals surface area (Å²) in [7, 11) is 0. The first-order valence-corrected chi connectivity index (χ1v) is 3.43. The van der Waals surface area contributed by atoms with Crippen molar-refractivity contribution in [3.05, 3.63) is 0 Å². The number of aliphatic carboxylic acids is 1. The Balaban J connectivity index is 4.84. The van der Waals surface area contributed by atoms with E-state index >= 15 is 0 Å². The highest BCUT2D eigenvalue weighted by molar-refractivity contribution is 7.98. The standard InChI is InChI=1S/C5H11NO2S/c1-9-3-2-4(6)5(7)8/h4H,2-3,6H2,1H3,(H,7,8)/t4-/m0/s1/i2D2,3D2. The molecule has 0 saturated carbocycles. The molecule has 0 rings (SSSR count). The van der Waals surface area contributed by atoms with E-state index in [2.05, 4.69) is 0 Å². The van der Waals surface area contributed by atoms with Gasteiger partial charge in [0.1, 0.15) is 6.04 Å². The summed E-state index contributed by atoms with van der Waals surface area (Å²) in [4.78, 5) is 10.4. The van der Waals surface area contributed by atoms with Crippen molar-refractivity contribution >= 4 is 17.7 Å². The molecular weight excluding hydrogens is 138 g/mol. The van der Waals surface area contributed by atoms with Crippen LogP contribution in [0.1, 0.15) is 11.9 Å².